The van der Waals surface area contributed by atoms with E-state index in [9.17, 15) is 14.4 Å². The number of carboxylic acids is 1. The van der Waals surface area contributed by atoms with Gasteiger partial charge in [-0.05, 0) is 41.0 Å². The Hall–Kier alpha value is -3.35. The van der Waals surface area contributed by atoms with Crippen molar-refractivity contribution in [3.8, 4) is 11.1 Å². The number of carbonyl (C=O) groups excluding carboxylic acids is 2. The number of likely N-dealkylation sites (N-methyl/N-ethyl adjacent to an activating group) is 1. The maximum Gasteiger partial charge on any atom is 0.407 e. The summed E-state index contributed by atoms with van der Waals surface area (Å²) in [7, 11) is 1.49. The molecule has 1 fully saturated rings. The summed E-state index contributed by atoms with van der Waals surface area (Å²) in [6.45, 7) is -0.0758. The van der Waals surface area contributed by atoms with Crippen LogP contribution in [0.25, 0.3) is 11.1 Å². The fraction of sp³-hybridized carbons (Fsp3) is 0.423. The van der Waals surface area contributed by atoms with E-state index in [1.165, 1.54) is 23.1 Å². The number of fused-ring (bicyclic) bond motifs is 3. The molecule has 2 aliphatic carbocycles. The molecule has 2 amide bonds. The predicted octanol–water partition coefficient (Wildman–Crippen LogP) is 4.02. The Morgan fingerprint density at radius 1 is 1.00 bits per heavy atom. The fourth-order valence-corrected chi connectivity index (χ4v) is 5.10. The Bertz CT molecular complexity index is 991. The molecule has 2 aromatic rings. The Kier molecular flexibility index (Phi) is 6.96. The molecule has 0 aromatic heterocycles. The number of amides is 2. The van der Waals surface area contributed by atoms with Gasteiger partial charge >= 0.3 is 12.1 Å². The molecule has 7 heteroatoms. The molecule has 0 aliphatic heterocycles. The molecular formula is C26H30N2O5. The van der Waals surface area contributed by atoms with Crippen LogP contribution in [-0.4, -0.2) is 54.2 Å². The van der Waals surface area contributed by atoms with Crippen LogP contribution in [0.3, 0.4) is 0 Å². The second-order valence-corrected chi connectivity index (χ2v) is 8.97. The number of benzene rings is 2. The van der Waals surface area contributed by atoms with Gasteiger partial charge in [-0.25, -0.2) is 4.79 Å². The summed E-state index contributed by atoms with van der Waals surface area (Å²) in [6, 6.07) is 16.2. The van der Waals surface area contributed by atoms with Crippen LogP contribution in [0.1, 0.15) is 49.1 Å². The van der Waals surface area contributed by atoms with Crippen LogP contribution in [0.5, 0.6) is 0 Å². The second-order valence-electron chi connectivity index (χ2n) is 8.97. The highest BCUT2D eigenvalue weighted by Crippen LogP contribution is 2.44. The molecule has 2 N–H and O–H groups in total. The molecule has 7 nitrogen and oxygen atoms in total. The zero-order valence-corrected chi connectivity index (χ0v) is 18.8. The molecular weight excluding hydrogens is 420 g/mol. The zero-order chi connectivity index (χ0) is 23.4. The molecule has 1 saturated carbocycles. The zero-order valence-electron chi connectivity index (χ0n) is 18.8. The lowest BCUT2D eigenvalue weighted by Gasteiger charge is -2.32. The van der Waals surface area contributed by atoms with Crippen LogP contribution >= 0.6 is 0 Å². The van der Waals surface area contributed by atoms with E-state index in [-0.39, 0.29) is 43.4 Å². The normalized spacial score (nSPS) is 19.3. The van der Waals surface area contributed by atoms with Gasteiger partial charge in [0, 0.05) is 25.4 Å². The third-order valence-corrected chi connectivity index (χ3v) is 6.79. The van der Waals surface area contributed by atoms with Crippen LogP contribution in [0.2, 0.25) is 0 Å². The molecule has 0 saturated heterocycles. The van der Waals surface area contributed by atoms with Gasteiger partial charge < -0.3 is 20.1 Å². The van der Waals surface area contributed by atoms with Gasteiger partial charge in [-0.2, -0.15) is 0 Å². The third-order valence-electron chi connectivity index (χ3n) is 6.79. The smallest absolute Gasteiger partial charge is 0.407 e. The quantitative estimate of drug-likeness (QED) is 0.664. The number of ether oxygens (including phenoxy) is 1. The van der Waals surface area contributed by atoms with Crippen molar-refractivity contribution in [3.05, 3.63) is 59.7 Å². The minimum absolute atomic E-state index is 0.00320. The standard InChI is InChI=1S/C26H30N2O5/c1-28(15-25(30)31)24(29)14-17-8-2-7-13-23(17)27-26(32)33-16-22-20-11-5-3-9-18(20)19-10-4-6-12-21(19)22/h3-6,9-12,17,22-23H,2,7-8,13-16H2,1H3,(H,27,32)(H,30,31)/t17-,23-/m1/s1. The molecule has 174 valence electrons. The average Bonchev–Trinajstić information content (AvgIpc) is 3.12. The van der Waals surface area contributed by atoms with Crippen LogP contribution in [-0.2, 0) is 14.3 Å². The number of alkyl carbamates (subject to hydrolysis) is 1. The molecule has 4 rings (SSSR count). The molecule has 2 atom stereocenters. The molecule has 0 radical (unpaired) electrons. The average molecular weight is 451 g/mol. The summed E-state index contributed by atoms with van der Waals surface area (Å²) in [5, 5.41) is 11.9. The number of hydrogen-bond donors (Lipinski definition) is 2. The first kappa shape index (κ1) is 22.8. The van der Waals surface area contributed by atoms with Crippen LogP contribution in [0.15, 0.2) is 48.5 Å². The lowest BCUT2D eigenvalue weighted by Crippen LogP contribution is -2.44. The van der Waals surface area contributed by atoms with Crippen LogP contribution in [0, 0.1) is 5.92 Å². The molecule has 0 heterocycles. The highest BCUT2D eigenvalue weighted by molar-refractivity contribution is 5.81. The molecule has 0 unspecified atom stereocenters. The summed E-state index contributed by atoms with van der Waals surface area (Å²) in [5.41, 5.74) is 4.68. The van der Waals surface area contributed by atoms with E-state index in [0.717, 1.165) is 36.8 Å². The van der Waals surface area contributed by atoms with Gasteiger partial charge in [-0.1, -0.05) is 61.4 Å². The number of carbonyl (C=O) groups is 3. The summed E-state index contributed by atoms with van der Waals surface area (Å²) < 4.78 is 5.67. The lowest BCUT2D eigenvalue weighted by atomic mass is 9.82. The first-order valence-corrected chi connectivity index (χ1v) is 11.5. The first-order valence-electron chi connectivity index (χ1n) is 11.5. The molecule has 0 bridgehead atoms. The van der Waals surface area contributed by atoms with E-state index in [2.05, 4.69) is 29.6 Å². The van der Waals surface area contributed by atoms with Crippen molar-refractivity contribution in [2.45, 2.75) is 44.1 Å². The number of nitrogens with zero attached hydrogens (tertiary/aromatic N) is 1. The number of nitrogens with one attached hydrogen (secondary N) is 1. The minimum Gasteiger partial charge on any atom is -0.480 e. The fourth-order valence-electron chi connectivity index (χ4n) is 5.10. The Labute approximate surface area is 193 Å². The van der Waals surface area contributed by atoms with Crippen molar-refractivity contribution in [1.82, 2.24) is 10.2 Å². The van der Waals surface area contributed by atoms with Crippen molar-refractivity contribution in [2.75, 3.05) is 20.2 Å². The van der Waals surface area contributed by atoms with Crippen LogP contribution < -0.4 is 5.32 Å². The van der Waals surface area contributed by atoms with E-state index in [1.807, 2.05) is 24.3 Å². The number of hydrogen-bond acceptors (Lipinski definition) is 4. The van der Waals surface area contributed by atoms with Crippen molar-refractivity contribution >= 4 is 18.0 Å². The Morgan fingerprint density at radius 3 is 2.24 bits per heavy atom. The monoisotopic (exact) mass is 450 g/mol. The number of rotatable bonds is 7. The molecule has 2 aliphatic rings. The summed E-state index contributed by atoms with van der Waals surface area (Å²) in [5.74, 6) is -1.29. The maximum absolute atomic E-state index is 12.7. The molecule has 2 aromatic carbocycles. The topological polar surface area (TPSA) is 95.9 Å². The predicted molar refractivity (Wildman–Crippen MR) is 124 cm³/mol. The largest absolute Gasteiger partial charge is 0.480 e. The van der Waals surface area contributed by atoms with Crippen LogP contribution in [0.4, 0.5) is 4.79 Å². The second kappa shape index (κ2) is 10.1. The van der Waals surface area contributed by atoms with Gasteiger partial charge in [-0.3, -0.25) is 9.59 Å². The van der Waals surface area contributed by atoms with E-state index >= 15 is 0 Å². The maximum atomic E-state index is 12.7. The molecule has 33 heavy (non-hydrogen) atoms. The number of carboxylic acid groups (broad SMARTS) is 1. The van der Waals surface area contributed by atoms with Crippen molar-refractivity contribution < 1.29 is 24.2 Å². The van der Waals surface area contributed by atoms with E-state index in [0.29, 0.717) is 0 Å². The van der Waals surface area contributed by atoms with Crippen molar-refractivity contribution in [3.63, 3.8) is 0 Å². The van der Waals surface area contributed by atoms with E-state index in [1.54, 1.807) is 0 Å². The Balaban J connectivity index is 1.36. The van der Waals surface area contributed by atoms with Crippen molar-refractivity contribution in [2.24, 2.45) is 5.92 Å². The summed E-state index contributed by atoms with van der Waals surface area (Å²) in [4.78, 5) is 37.2. The van der Waals surface area contributed by atoms with Gasteiger partial charge in [0.1, 0.15) is 13.2 Å². The molecule has 0 spiro atoms. The van der Waals surface area contributed by atoms with Gasteiger partial charge in [0.25, 0.3) is 0 Å². The highest BCUT2D eigenvalue weighted by Gasteiger charge is 2.32. The third kappa shape index (κ3) is 5.18. The number of aliphatic carboxylic acids is 1. The van der Waals surface area contributed by atoms with E-state index in [4.69, 9.17) is 9.84 Å². The summed E-state index contributed by atoms with van der Waals surface area (Å²) in [6.07, 6.45) is 3.32. The van der Waals surface area contributed by atoms with Gasteiger partial charge in [0.15, 0.2) is 0 Å². The lowest BCUT2D eigenvalue weighted by molar-refractivity contribution is -0.144. The SMILES string of the molecule is CN(CC(=O)O)C(=O)C[C@H]1CCCC[C@H]1NC(=O)OCC1c2ccccc2-c2ccccc21. The van der Waals surface area contributed by atoms with Gasteiger partial charge in [-0.15, -0.1) is 0 Å². The van der Waals surface area contributed by atoms with Gasteiger partial charge in [0.05, 0.1) is 0 Å². The van der Waals surface area contributed by atoms with Crippen molar-refractivity contribution in [1.29, 1.82) is 0 Å². The minimum atomic E-state index is -1.04. The summed E-state index contributed by atoms with van der Waals surface area (Å²) >= 11 is 0. The highest BCUT2D eigenvalue weighted by atomic mass is 16.5. The van der Waals surface area contributed by atoms with E-state index < -0.39 is 12.1 Å². The Morgan fingerprint density at radius 2 is 1.61 bits per heavy atom. The first-order chi connectivity index (χ1) is 15.9. The van der Waals surface area contributed by atoms with Gasteiger partial charge in [0.2, 0.25) is 5.91 Å².